The van der Waals surface area contributed by atoms with Gasteiger partial charge in [-0.2, -0.15) is 0 Å². The molecule has 0 aliphatic carbocycles. The quantitative estimate of drug-likeness (QED) is 0.0261. The number of rotatable bonds is 65. The fraction of sp³-hybridized carbons (Fsp3) is 0.776. The third kappa shape index (κ3) is 67.4. The Kier molecular flexibility index (Phi) is 67.2. The summed E-state index contributed by atoms with van der Waals surface area (Å²) in [5.41, 5.74) is 0. The molecule has 0 saturated heterocycles. The molecule has 82 heavy (non-hydrogen) atoms. The molecule has 6 nitrogen and oxygen atoms in total. The molecule has 1 unspecified atom stereocenters. The van der Waals surface area contributed by atoms with Gasteiger partial charge in [-0.15, -0.1) is 0 Å². The minimum Gasteiger partial charge on any atom is -0.462 e. The smallest absolute Gasteiger partial charge is 0.306 e. The summed E-state index contributed by atoms with van der Waals surface area (Å²) in [7, 11) is 0. The first-order chi connectivity index (χ1) is 40.5. The van der Waals surface area contributed by atoms with Crippen LogP contribution in [-0.4, -0.2) is 37.2 Å². The van der Waals surface area contributed by atoms with Gasteiger partial charge in [-0.25, -0.2) is 0 Å². The highest BCUT2D eigenvalue weighted by atomic mass is 16.6. The van der Waals surface area contributed by atoms with Crippen LogP contribution in [0.2, 0.25) is 0 Å². The molecule has 0 aliphatic heterocycles. The summed E-state index contributed by atoms with van der Waals surface area (Å²) in [5, 5.41) is 0. The van der Waals surface area contributed by atoms with E-state index in [2.05, 4.69) is 106 Å². The van der Waals surface area contributed by atoms with E-state index >= 15 is 0 Å². The van der Waals surface area contributed by atoms with Crippen LogP contribution in [0.25, 0.3) is 0 Å². The van der Waals surface area contributed by atoms with E-state index in [0.29, 0.717) is 19.3 Å². The standard InChI is InChI=1S/C76H134O6/c1-4-7-10-13-16-19-22-25-27-29-31-33-35-36-37-38-39-40-42-43-45-47-49-51-54-57-60-63-66-69-75(78)81-72-73(71-80-74(77)68-65-62-59-56-53-24-21-18-15-12-9-6-3)82-76(79)70-67-64-61-58-55-52-50-48-46-44-41-34-32-30-28-26-23-20-17-14-11-8-5-2/h8,11,17-18,20-21,26,28-29,31-32,34,44,46,73H,4-7,9-10,12-16,19,22-25,27,30,33,35-43,45,47-72H2,1-3H3/b11-8-,20-17-,21-18-,28-26-,31-29-,34-32-,46-44-. The Balaban J connectivity index is 4.23. The first-order valence-electron chi connectivity index (χ1n) is 35.6. The lowest BCUT2D eigenvalue weighted by Gasteiger charge is -2.18. The van der Waals surface area contributed by atoms with Crippen molar-refractivity contribution in [3.05, 3.63) is 85.1 Å². The van der Waals surface area contributed by atoms with Crippen molar-refractivity contribution in [1.29, 1.82) is 0 Å². The van der Waals surface area contributed by atoms with Crippen LogP contribution in [0.1, 0.15) is 361 Å². The lowest BCUT2D eigenvalue weighted by molar-refractivity contribution is -0.167. The number of hydrogen-bond acceptors (Lipinski definition) is 6. The highest BCUT2D eigenvalue weighted by molar-refractivity contribution is 5.71. The van der Waals surface area contributed by atoms with Crippen molar-refractivity contribution in [3.63, 3.8) is 0 Å². The van der Waals surface area contributed by atoms with Gasteiger partial charge in [0.1, 0.15) is 13.2 Å². The van der Waals surface area contributed by atoms with Crippen LogP contribution < -0.4 is 0 Å². The molecule has 0 fully saturated rings. The molecular formula is C76H134O6. The number of hydrogen-bond donors (Lipinski definition) is 0. The molecule has 0 heterocycles. The predicted octanol–water partition coefficient (Wildman–Crippen LogP) is 24.6. The van der Waals surface area contributed by atoms with Gasteiger partial charge in [-0.1, -0.05) is 311 Å². The van der Waals surface area contributed by atoms with Crippen molar-refractivity contribution in [1.82, 2.24) is 0 Å². The second-order valence-electron chi connectivity index (χ2n) is 23.8. The molecule has 0 amide bonds. The summed E-state index contributed by atoms with van der Waals surface area (Å²) in [6.07, 6.45) is 93.3. The first kappa shape index (κ1) is 78.6. The number of esters is 3. The van der Waals surface area contributed by atoms with Crippen LogP contribution in [0, 0.1) is 0 Å². The Morgan fingerprint density at radius 2 is 0.476 bits per heavy atom. The van der Waals surface area contributed by atoms with Crippen LogP contribution >= 0.6 is 0 Å². The lowest BCUT2D eigenvalue weighted by atomic mass is 10.0. The number of carbonyl (C=O) groups is 3. The SMILES string of the molecule is CC/C=C\C/C=C\C/C=C\C/C=C\C/C=C\CCCCCCCCCC(=O)OC(COC(=O)CCCCCCC/C=C\CCCCC)COC(=O)CCCCCCCCCCCCCCCCCCC/C=C\CCCCCCCCCC. The van der Waals surface area contributed by atoms with Crippen molar-refractivity contribution < 1.29 is 28.6 Å². The Hall–Kier alpha value is -3.41. The summed E-state index contributed by atoms with van der Waals surface area (Å²) < 4.78 is 17.0. The molecule has 474 valence electrons. The van der Waals surface area contributed by atoms with Gasteiger partial charge in [0.2, 0.25) is 0 Å². The number of unbranched alkanes of at least 4 members (excludes halogenated alkanes) is 40. The highest BCUT2D eigenvalue weighted by Gasteiger charge is 2.19. The third-order valence-electron chi connectivity index (χ3n) is 15.6. The van der Waals surface area contributed by atoms with E-state index < -0.39 is 6.10 Å². The summed E-state index contributed by atoms with van der Waals surface area (Å²) in [5.74, 6) is -0.885. The molecule has 0 spiro atoms. The van der Waals surface area contributed by atoms with Gasteiger partial charge in [0.15, 0.2) is 6.10 Å². The summed E-state index contributed by atoms with van der Waals surface area (Å²) >= 11 is 0. The van der Waals surface area contributed by atoms with Gasteiger partial charge in [-0.3, -0.25) is 14.4 Å². The lowest BCUT2D eigenvalue weighted by Crippen LogP contribution is -2.30. The molecule has 0 saturated carbocycles. The zero-order chi connectivity index (χ0) is 59.2. The predicted molar refractivity (Wildman–Crippen MR) is 358 cm³/mol. The highest BCUT2D eigenvalue weighted by Crippen LogP contribution is 2.17. The maximum Gasteiger partial charge on any atom is 0.306 e. The number of allylic oxidation sites excluding steroid dienone is 14. The van der Waals surface area contributed by atoms with E-state index in [-0.39, 0.29) is 31.1 Å². The van der Waals surface area contributed by atoms with Gasteiger partial charge >= 0.3 is 17.9 Å². The molecule has 6 heteroatoms. The zero-order valence-corrected chi connectivity index (χ0v) is 54.5. The van der Waals surface area contributed by atoms with Crippen molar-refractivity contribution >= 4 is 17.9 Å². The van der Waals surface area contributed by atoms with Crippen LogP contribution in [0.15, 0.2) is 85.1 Å². The first-order valence-corrected chi connectivity index (χ1v) is 35.6. The van der Waals surface area contributed by atoms with E-state index in [9.17, 15) is 14.4 Å². The molecule has 0 aromatic rings. The van der Waals surface area contributed by atoms with Crippen LogP contribution in [-0.2, 0) is 28.6 Å². The minimum atomic E-state index is -0.787. The van der Waals surface area contributed by atoms with Crippen LogP contribution in [0.3, 0.4) is 0 Å². The van der Waals surface area contributed by atoms with Gasteiger partial charge in [0.25, 0.3) is 0 Å². The van der Waals surface area contributed by atoms with Crippen molar-refractivity contribution in [2.24, 2.45) is 0 Å². The molecule has 0 rings (SSSR count). The Morgan fingerprint density at radius 1 is 0.256 bits per heavy atom. The average molecular weight is 1140 g/mol. The average Bonchev–Trinajstić information content (AvgIpc) is 3.47. The third-order valence-corrected chi connectivity index (χ3v) is 15.6. The second-order valence-corrected chi connectivity index (χ2v) is 23.8. The van der Waals surface area contributed by atoms with Crippen LogP contribution in [0.5, 0.6) is 0 Å². The molecule has 0 aliphatic rings. The van der Waals surface area contributed by atoms with Crippen molar-refractivity contribution in [2.45, 2.75) is 367 Å². The van der Waals surface area contributed by atoms with Crippen LogP contribution in [0.4, 0.5) is 0 Å². The van der Waals surface area contributed by atoms with Gasteiger partial charge in [-0.05, 0) is 116 Å². The van der Waals surface area contributed by atoms with E-state index in [1.54, 1.807) is 0 Å². The van der Waals surface area contributed by atoms with Gasteiger partial charge in [0.05, 0.1) is 0 Å². The van der Waals surface area contributed by atoms with Gasteiger partial charge in [0, 0.05) is 19.3 Å². The largest absolute Gasteiger partial charge is 0.462 e. The fourth-order valence-corrected chi connectivity index (χ4v) is 10.3. The molecule has 0 aromatic heterocycles. The van der Waals surface area contributed by atoms with E-state index in [4.69, 9.17) is 14.2 Å². The molecule has 1 atom stereocenters. The minimum absolute atomic E-state index is 0.0811. The molecule has 0 radical (unpaired) electrons. The molecule has 0 aromatic carbocycles. The van der Waals surface area contributed by atoms with Crippen molar-refractivity contribution in [2.75, 3.05) is 13.2 Å². The van der Waals surface area contributed by atoms with Crippen molar-refractivity contribution in [3.8, 4) is 0 Å². The summed E-state index contributed by atoms with van der Waals surface area (Å²) in [6.45, 7) is 6.53. The number of carbonyl (C=O) groups excluding carboxylic acids is 3. The van der Waals surface area contributed by atoms with Gasteiger partial charge < -0.3 is 14.2 Å². The topological polar surface area (TPSA) is 78.9 Å². The maximum absolute atomic E-state index is 12.9. The van der Waals surface area contributed by atoms with E-state index in [1.165, 1.54) is 218 Å². The normalized spacial score (nSPS) is 12.6. The maximum atomic E-state index is 12.9. The molecule has 0 bridgehead atoms. The summed E-state index contributed by atoms with van der Waals surface area (Å²) in [6, 6.07) is 0. The second kappa shape index (κ2) is 70.1. The monoisotopic (exact) mass is 1140 g/mol. The van der Waals surface area contributed by atoms with E-state index in [1.807, 2.05) is 0 Å². The Morgan fingerprint density at radius 3 is 0.780 bits per heavy atom. The number of ether oxygens (including phenoxy) is 3. The zero-order valence-electron chi connectivity index (χ0n) is 54.5. The van der Waals surface area contributed by atoms with E-state index in [0.717, 1.165) is 103 Å². The molecule has 0 N–H and O–H groups in total. The fourth-order valence-electron chi connectivity index (χ4n) is 10.3. The Labute approximate surface area is 509 Å². The molecular weight excluding hydrogens is 1010 g/mol. The Bertz CT molecular complexity index is 1550. The summed E-state index contributed by atoms with van der Waals surface area (Å²) in [4.78, 5) is 38.4.